The highest BCUT2D eigenvalue weighted by Crippen LogP contribution is 2.28. The fourth-order valence-corrected chi connectivity index (χ4v) is 3.01. The number of hydrogen-bond acceptors (Lipinski definition) is 2. The standard InChI is InChI=1S/C15H32N2/c1-6-16-11-15(3,4)12-17(5)14-9-7-13(2)8-10-14/h13-14,16H,6-12H2,1-5H3. The number of hydrogen-bond donors (Lipinski definition) is 1. The van der Waals surface area contributed by atoms with Crippen LogP contribution in [0.25, 0.3) is 0 Å². The molecular formula is C15H32N2. The molecule has 0 saturated heterocycles. The van der Waals surface area contributed by atoms with Crippen molar-refractivity contribution >= 4 is 0 Å². The van der Waals surface area contributed by atoms with E-state index in [2.05, 4.69) is 45.0 Å². The summed E-state index contributed by atoms with van der Waals surface area (Å²) in [5, 5.41) is 3.48. The third-order valence-electron chi connectivity index (χ3n) is 4.14. The van der Waals surface area contributed by atoms with Crippen molar-refractivity contribution in [2.75, 3.05) is 26.7 Å². The lowest BCUT2D eigenvalue weighted by atomic mass is 9.85. The van der Waals surface area contributed by atoms with Gasteiger partial charge in [-0.3, -0.25) is 0 Å². The van der Waals surface area contributed by atoms with Crippen molar-refractivity contribution in [3.05, 3.63) is 0 Å². The number of nitrogens with one attached hydrogen (secondary N) is 1. The number of rotatable bonds is 6. The van der Waals surface area contributed by atoms with Crippen molar-refractivity contribution in [1.29, 1.82) is 0 Å². The lowest BCUT2D eigenvalue weighted by molar-refractivity contribution is 0.120. The van der Waals surface area contributed by atoms with Crippen molar-refractivity contribution in [3.63, 3.8) is 0 Å². The molecule has 0 spiro atoms. The van der Waals surface area contributed by atoms with E-state index in [1.807, 2.05) is 0 Å². The van der Waals surface area contributed by atoms with Gasteiger partial charge in [-0.1, -0.05) is 27.7 Å². The molecule has 1 fully saturated rings. The van der Waals surface area contributed by atoms with Crippen LogP contribution in [0.4, 0.5) is 0 Å². The van der Waals surface area contributed by atoms with Crippen LogP contribution in [0.3, 0.4) is 0 Å². The summed E-state index contributed by atoms with van der Waals surface area (Å²) in [5.74, 6) is 0.953. The quantitative estimate of drug-likeness (QED) is 0.767. The second-order valence-electron chi connectivity index (χ2n) is 6.77. The van der Waals surface area contributed by atoms with Gasteiger partial charge in [-0.25, -0.2) is 0 Å². The topological polar surface area (TPSA) is 15.3 Å². The average molecular weight is 240 g/mol. The Bertz CT molecular complexity index is 205. The van der Waals surface area contributed by atoms with E-state index in [1.165, 1.54) is 32.2 Å². The fourth-order valence-electron chi connectivity index (χ4n) is 3.01. The third kappa shape index (κ3) is 5.39. The van der Waals surface area contributed by atoms with Crippen LogP contribution in [0, 0.1) is 11.3 Å². The van der Waals surface area contributed by atoms with Gasteiger partial charge in [0.2, 0.25) is 0 Å². The maximum atomic E-state index is 3.48. The van der Waals surface area contributed by atoms with Crippen LogP contribution in [-0.4, -0.2) is 37.6 Å². The first-order valence-corrected chi connectivity index (χ1v) is 7.35. The molecule has 0 atom stereocenters. The van der Waals surface area contributed by atoms with Crippen molar-refractivity contribution in [3.8, 4) is 0 Å². The molecule has 2 nitrogen and oxygen atoms in total. The smallest absolute Gasteiger partial charge is 0.00926 e. The van der Waals surface area contributed by atoms with Crippen LogP contribution in [0.15, 0.2) is 0 Å². The lowest BCUT2D eigenvalue weighted by Gasteiger charge is -2.38. The third-order valence-corrected chi connectivity index (χ3v) is 4.14. The highest BCUT2D eigenvalue weighted by Gasteiger charge is 2.26. The molecule has 0 radical (unpaired) electrons. The molecule has 1 rings (SSSR count). The van der Waals surface area contributed by atoms with E-state index in [9.17, 15) is 0 Å². The minimum atomic E-state index is 0.383. The molecule has 1 aliphatic rings. The van der Waals surface area contributed by atoms with E-state index in [-0.39, 0.29) is 0 Å². The maximum absolute atomic E-state index is 3.48. The Morgan fingerprint density at radius 3 is 2.29 bits per heavy atom. The molecule has 1 aliphatic carbocycles. The Kier molecular flexibility index (Phi) is 5.94. The summed E-state index contributed by atoms with van der Waals surface area (Å²) in [6.07, 6.45) is 5.63. The molecule has 0 heterocycles. The predicted molar refractivity (Wildman–Crippen MR) is 76.4 cm³/mol. The highest BCUT2D eigenvalue weighted by molar-refractivity contribution is 4.81. The summed E-state index contributed by atoms with van der Waals surface area (Å²) in [7, 11) is 2.31. The maximum Gasteiger partial charge on any atom is 0.00926 e. The Labute approximate surface area is 108 Å². The van der Waals surface area contributed by atoms with E-state index in [4.69, 9.17) is 0 Å². The molecule has 0 aromatic rings. The number of nitrogens with zero attached hydrogens (tertiary/aromatic N) is 1. The molecule has 0 aromatic heterocycles. The Morgan fingerprint density at radius 2 is 1.76 bits per heavy atom. The van der Waals surface area contributed by atoms with Gasteiger partial charge < -0.3 is 10.2 Å². The Balaban J connectivity index is 2.34. The Morgan fingerprint density at radius 1 is 1.18 bits per heavy atom. The molecule has 1 N–H and O–H groups in total. The first-order valence-electron chi connectivity index (χ1n) is 7.35. The van der Waals surface area contributed by atoms with Crippen molar-refractivity contribution < 1.29 is 0 Å². The summed E-state index contributed by atoms with van der Waals surface area (Å²) in [6, 6.07) is 0.826. The van der Waals surface area contributed by atoms with E-state index in [0.717, 1.165) is 25.0 Å². The molecule has 0 aromatic carbocycles. The molecule has 2 heteroatoms. The molecule has 0 unspecified atom stereocenters. The van der Waals surface area contributed by atoms with Gasteiger partial charge in [-0.15, -0.1) is 0 Å². The molecule has 0 bridgehead atoms. The monoisotopic (exact) mass is 240 g/mol. The van der Waals surface area contributed by atoms with Gasteiger partial charge in [0.25, 0.3) is 0 Å². The molecule has 0 aliphatic heterocycles. The molecule has 1 saturated carbocycles. The first-order chi connectivity index (χ1) is 7.94. The van der Waals surface area contributed by atoms with Crippen LogP contribution in [0.5, 0.6) is 0 Å². The summed E-state index contributed by atoms with van der Waals surface area (Å²) < 4.78 is 0. The van der Waals surface area contributed by atoms with Crippen LogP contribution in [-0.2, 0) is 0 Å². The second kappa shape index (κ2) is 6.75. The lowest BCUT2D eigenvalue weighted by Crippen LogP contribution is -2.44. The summed E-state index contributed by atoms with van der Waals surface area (Å²) in [4.78, 5) is 2.60. The second-order valence-corrected chi connectivity index (χ2v) is 6.77. The van der Waals surface area contributed by atoms with Gasteiger partial charge in [0.05, 0.1) is 0 Å². The highest BCUT2D eigenvalue weighted by atomic mass is 15.1. The minimum absolute atomic E-state index is 0.383. The largest absolute Gasteiger partial charge is 0.316 e. The van der Waals surface area contributed by atoms with Crippen molar-refractivity contribution in [2.24, 2.45) is 11.3 Å². The van der Waals surface area contributed by atoms with Gasteiger partial charge in [0, 0.05) is 19.1 Å². The fraction of sp³-hybridized carbons (Fsp3) is 1.00. The molecule has 0 amide bonds. The SMILES string of the molecule is CCNCC(C)(C)CN(C)C1CCC(C)CC1. The van der Waals surface area contributed by atoms with Crippen LogP contribution >= 0.6 is 0 Å². The average Bonchev–Trinajstić information content (AvgIpc) is 2.26. The zero-order valence-corrected chi connectivity index (χ0v) is 12.6. The predicted octanol–water partition coefficient (Wildman–Crippen LogP) is 3.13. The van der Waals surface area contributed by atoms with Gasteiger partial charge in [-0.05, 0) is 50.6 Å². The van der Waals surface area contributed by atoms with Gasteiger partial charge in [0.1, 0.15) is 0 Å². The zero-order chi connectivity index (χ0) is 12.9. The summed E-state index contributed by atoms with van der Waals surface area (Å²) in [6.45, 7) is 12.7. The Hall–Kier alpha value is -0.0800. The van der Waals surface area contributed by atoms with E-state index >= 15 is 0 Å². The van der Waals surface area contributed by atoms with Gasteiger partial charge in [-0.2, -0.15) is 0 Å². The van der Waals surface area contributed by atoms with E-state index in [1.54, 1.807) is 0 Å². The van der Waals surface area contributed by atoms with Crippen LogP contribution in [0.1, 0.15) is 53.4 Å². The zero-order valence-electron chi connectivity index (χ0n) is 12.6. The van der Waals surface area contributed by atoms with Crippen LogP contribution in [0.2, 0.25) is 0 Å². The van der Waals surface area contributed by atoms with E-state index < -0.39 is 0 Å². The molecule has 102 valence electrons. The van der Waals surface area contributed by atoms with E-state index in [0.29, 0.717) is 5.41 Å². The van der Waals surface area contributed by atoms with Crippen molar-refractivity contribution in [2.45, 2.75) is 59.4 Å². The van der Waals surface area contributed by atoms with Crippen molar-refractivity contribution in [1.82, 2.24) is 10.2 Å². The van der Waals surface area contributed by atoms with Gasteiger partial charge in [0.15, 0.2) is 0 Å². The van der Waals surface area contributed by atoms with Gasteiger partial charge >= 0.3 is 0 Å². The normalized spacial score (nSPS) is 26.5. The summed E-state index contributed by atoms with van der Waals surface area (Å²) >= 11 is 0. The van der Waals surface area contributed by atoms with Crippen LogP contribution < -0.4 is 5.32 Å². The first kappa shape index (κ1) is 15.0. The summed E-state index contributed by atoms with van der Waals surface area (Å²) in [5.41, 5.74) is 0.383. The minimum Gasteiger partial charge on any atom is -0.316 e. The molecular weight excluding hydrogens is 208 g/mol. The molecule has 17 heavy (non-hydrogen) atoms.